The fourth-order valence-corrected chi connectivity index (χ4v) is 8.91. The van der Waals surface area contributed by atoms with Gasteiger partial charge in [-0.15, -0.1) is 0 Å². The summed E-state index contributed by atoms with van der Waals surface area (Å²) in [5, 5.41) is 11.6. The maximum atomic E-state index is 13.6. The van der Waals surface area contributed by atoms with Crippen LogP contribution < -0.4 is 0 Å². The number of methoxy groups -OCH3 is 3. The third kappa shape index (κ3) is 16.9. The SMILES string of the molecule is CCC(=O)OC(CC(=O)O[C@H](C)CC=O)C(OC)[C@H](C(CC(OC)OC)CC(C)C(C=O)OC(C)=O)[C@@H]1O[C@H](C)[C@@H](O[C@@H]2C[C@@](C)(O)[C@@H](OC(=O)CC)[C@H](C)O2)[C@H](N(C)C)[C@H]1OC(C)=O. The van der Waals surface area contributed by atoms with E-state index in [1.165, 1.54) is 49.0 Å². The van der Waals surface area contributed by atoms with Crippen molar-refractivity contribution in [3.63, 3.8) is 0 Å². The maximum absolute atomic E-state index is 13.6. The number of ether oxygens (including phenoxy) is 11. The Kier molecular flexibility index (Phi) is 24.1. The van der Waals surface area contributed by atoms with Gasteiger partial charge in [-0.3, -0.25) is 28.8 Å². The third-order valence-electron chi connectivity index (χ3n) is 11.9. The summed E-state index contributed by atoms with van der Waals surface area (Å²) in [6, 6.07) is -0.833. The largest absolute Gasteiger partial charge is 0.462 e. The topological polar surface area (TPSA) is 244 Å². The maximum Gasteiger partial charge on any atom is 0.309 e. The van der Waals surface area contributed by atoms with Crippen molar-refractivity contribution in [3.05, 3.63) is 0 Å². The monoisotopic (exact) mass is 933 g/mol. The molecule has 0 saturated carbocycles. The second kappa shape index (κ2) is 27.2. The summed E-state index contributed by atoms with van der Waals surface area (Å²) < 4.78 is 66.2. The molecular formula is C45H75NO19. The number of esters is 5. The van der Waals surface area contributed by atoms with Crippen LogP contribution in [0.2, 0.25) is 0 Å². The average Bonchev–Trinajstić information content (AvgIpc) is 3.22. The van der Waals surface area contributed by atoms with Crippen LogP contribution in [0, 0.1) is 17.8 Å². The Hall–Kier alpha value is -3.63. The molecule has 2 aliphatic rings. The molecule has 0 amide bonds. The predicted molar refractivity (Wildman–Crippen MR) is 229 cm³/mol. The number of aldehydes is 2. The minimum Gasteiger partial charge on any atom is -0.462 e. The van der Waals surface area contributed by atoms with E-state index >= 15 is 0 Å². The molecule has 0 aromatic heterocycles. The lowest BCUT2D eigenvalue weighted by Gasteiger charge is -2.53. The van der Waals surface area contributed by atoms with Crippen LogP contribution in [0.1, 0.15) is 107 Å². The first-order chi connectivity index (χ1) is 30.5. The molecule has 2 heterocycles. The highest BCUT2D eigenvalue weighted by atomic mass is 16.7. The number of aliphatic hydroxyl groups is 1. The molecule has 2 fully saturated rings. The zero-order valence-corrected chi connectivity index (χ0v) is 40.6. The van der Waals surface area contributed by atoms with Gasteiger partial charge >= 0.3 is 29.8 Å². The molecule has 0 aliphatic carbocycles. The van der Waals surface area contributed by atoms with E-state index in [-0.39, 0.29) is 38.5 Å². The molecular weight excluding hydrogens is 858 g/mol. The van der Waals surface area contributed by atoms with Crippen LogP contribution >= 0.6 is 0 Å². The molecule has 20 heteroatoms. The lowest BCUT2D eigenvalue weighted by Crippen LogP contribution is -2.68. The first-order valence-electron chi connectivity index (χ1n) is 22.3. The fourth-order valence-electron chi connectivity index (χ4n) is 8.91. The van der Waals surface area contributed by atoms with E-state index in [0.717, 1.165) is 0 Å². The van der Waals surface area contributed by atoms with Gasteiger partial charge in [0.25, 0.3) is 0 Å². The van der Waals surface area contributed by atoms with Crippen LogP contribution in [0.4, 0.5) is 0 Å². The van der Waals surface area contributed by atoms with Crippen LogP contribution in [0.3, 0.4) is 0 Å². The van der Waals surface area contributed by atoms with Crippen molar-refractivity contribution in [1.82, 2.24) is 4.90 Å². The normalized spacial score (nSPS) is 29.0. The lowest BCUT2D eigenvalue weighted by atomic mass is 9.70. The highest BCUT2D eigenvalue weighted by Crippen LogP contribution is 2.44. The predicted octanol–water partition coefficient (Wildman–Crippen LogP) is 2.87. The van der Waals surface area contributed by atoms with Gasteiger partial charge in [0.1, 0.15) is 48.5 Å². The first-order valence-corrected chi connectivity index (χ1v) is 22.3. The summed E-state index contributed by atoms with van der Waals surface area (Å²) >= 11 is 0. The smallest absolute Gasteiger partial charge is 0.309 e. The standard InChI is InChI=1S/C45H75NO19/c1-15-33(51)63-31(21-35(53)58-25(4)17-18-47)41(57-14)38(30(20-36(55-12)56-13)19-24(3)32(23-48)61-28(7)49)42-43(62-29(8)50)39(46(10)11)40(26(5)60-42)65-37-22-45(9,54)44(27(6)59-37)64-34(52)16-2/h18,23-27,30-32,36-44,54H,15-17,19-22H2,1-14H3/t24?,25-,26-,27+,30?,31?,32?,37-,38+,39+,40-,41?,42+,43-,44+,45-/m1/s1. The molecule has 65 heavy (non-hydrogen) atoms. The van der Waals surface area contributed by atoms with E-state index in [1.807, 2.05) is 0 Å². The zero-order valence-electron chi connectivity index (χ0n) is 40.6. The van der Waals surface area contributed by atoms with Gasteiger partial charge in [-0.25, -0.2) is 0 Å². The average molecular weight is 934 g/mol. The van der Waals surface area contributed by atoms with Crippen molar-refractivity contribution >= 4 is 42.4 Å². The van der Waals surface area contributed by atoms with E-state index < -0.39 is 139 Å². The van der Waals surface area contributed by atoms with Crippen molar-refractivity contribution < 1.29 is 90.8 Å². The number of likely N-dealkylation sites (N-methyl/N-ethyl adjacent to an activating group) is 1. The molecule has 5 unspecified atom stereocenters. The van der Waals surface area contributed by atoms with Crippen molar-refractivity contribution in [1.29, 1.82) is 0 Å². The van der Waals surface area contributed by atoms with E-state index in [1.54, 1.807) is 53.6 Å². The van der Waals surface area contributed by atoms with Crippen LogP contribution in [0.5, 0.6) is 0 Å². The second-order valence-electron chi connectivity index (χ2n) is 17.4. The minimum atomic E-state index is -1.57. The Morgan fingerprint density at radius 1 is 0.815 bits per heavy atom. The van der Waals surface area contributed by atoms with Gasteiger partial charge in [0.2, 0.25) is 0 Å². The molecule has 16 atom stereocenters. The summed E-state index contributed by atoms with van der Waals surface area (Å²) in [7, 11) is 7.71. The Bertz CT molecular complexity index is 1540. The van der Waals surface area contributed by atoms with Crippen LogP contribution in [0.15, 0.2) is 0 Å². The summed E-state index contributed by atoms with van der Waals surface area (Å²) in [4.78, 5) is 89.9. The summed E-state index contributed by atoms with van der Waals surface area (Å²) in [6.07, 6.45) is -12.0. The number of hydrogen-bond donors (Lipinski definition) is 1. The Labute approximate surface area is 383 Å². The summed E-state index contributed by atoms with van der Waals surface area (Å²) in [5.74, 6) is -5.84. The zero-order chi connectivity index (χ0) is 49.3. The lowest BCUT2D eigenvalue weighted by molar-refractivity contribution is -0.319. The van der Waals surface area contributed by atoms with Gasteiger partial charge in [-0.2, -0.15) is 0 Å². The van der Waals surface area contributed by atoms with Crippen molar-refractivity contribution in [2.75, 3.05) is 35.4 Å². The number of nitrogens with zero attached hydrogens (tertiary/aromatic N) is 1. The molecule has 0 bridgehead atoms. The van der Waals surface area contributed by atoms with Gasteiger partial charge in [-0.1, -0.05) is 20.8 Å². The molecule has 0 aromatic rings. The van der Waals surface area contributed by atoms with Crippen LogP contribution in [0.25, 0.3) is 0 Å². The van der Waals surface area contributed by atoms with Gasteiger partial charge in [0, 0.05) is 79.1 Å². The van der Waals surface area contributed by atoms with Gasteiger partial charge in [0.15, 0.2) is 31.1 Å². The Balaban J connectivity index is 2.94. The first kappa shape index (κ1) is 57.5. The van der Waals surface area contributed by atoms with Gasteiger partial charge < -0.3 is 66.9 Å². The van der Waals surface area contributed by atoms with E-state index in [2.05, 4.69) is 0 Å². The van der Waals surface area contributed by atoms with Crippen LogP contribution in [-0.2, 0) is 85.7 Å². The molecule has 0 aromatic carbocycles. The summed E-state index contributed by atoms with van der Waals surface area (Å²) in [5.41, 5.74) is -1.57. The number of hydrogen-bond acceptors (Lipinski definition) is 20. The highest BCUT2D eigenvalue weighted by molar-refractivity contribution is 5.73. The van der Waals surface area contributed by atoms with Crippen molar-refractivity contribution in [2.24, 2.45) is 17.8 Å². The van der Waals surface area contributed by atoms with E-state index in [4.69, 9.17) is 52.1 Å². The third-order valence-corrected chi connectivity index (χ3v) is 11.9. The summed E-state index contributed by atoms with van der Waals surface area (Å²) in [6.45, 7) is 13.8. The Morgan fingerprint density at radius 2 is 1.45 bits per heavy atom. The van der Waals surface area contributed by atoms with E-state index in [9.17, 15) is 38.7 Å². The number of rotatable bonds is 27. The van der Waals surface area contributed by atoms with Gasteiger partial charge in [-0.05, 0) is 54.1 Å². The fraction of sp³-hybridized carbons (Fsp3) is 0.844. The molecule has 0 spiro atoms. The molecule has 2 rings (SSSR count). The molecule has 2 aliphatic heterocycles. The second-order valence-corrected chi connectivity index (χ2v) is 17.4. The Morgan fingerprint density at radius 3 is 1.94 bits per heavy atom. The van der Waals surface area contributed by atoms with Crippen LogP contribution in [-0.4, -0.2) is 173 Å². The number of carbonyl (C=O) groups excluding carboxylic acids is 7. The van der Waals surface area contributed by atoms with Gasteiger partial charge in [0.05, 0.1) is 24.7 Å². The van der Waals surface area contributed by atoms with Crippen molar-refractivity contribution in [2.45, 2.75) is 193 Å². The molecule has 20 nitrogen and oxygen atoms in total. The van der Waals surface area contributed by atoms with Crippen molar-refractivity contribution in [3.8, 4) is 0 Å². The molecule has 0 radical (unpaired) electrons. The molecule has 374 valence electrons. The quantitative estimate of drug-likeness (QED) is 0.0539. The molecule has 2 saturated heterocycles. The number of carbonyl (C=O) groups is 7. The molecule has 1 N–H and O–H groups in total. The van der Waals surface area contributed by atoms with E-state index in [0.29, 0.717) is 12.6 Å². The minimum absolute atomic E-state index is 0.0586. The highest BCUT2D eigenvalue weighted by Gasteiger charge is 2.57.